The van der Waals surface area contributed by atoms with Crippen molar-refractivity contribution >= 4 is 34.3 Å². The Morgan fingerprint density at radius 2 is 1.53 bits per heavy atom. The minimum absolute atomic E-state index is 1.19. The molecule has 2 aromatic carbocycles. The predicted octanol–water partition coefficient (Wildman–Crippen LogP) is 3.43. The molecule has 1 N–H and O–H groups in total. The highest BCUT2D eigenvalue weighted by Gasteiger charge is 2.15. The molecule has 0 aromatic heterocycles. The van der Waals surface area contributed by atoms with Gasteiger partial charge in [0.25, 0.3) is 0 Å². The Bertz CT molecular complexity index is 612. The predicted molar refractivity (Wildman–Crippen MR) is 76.7 cm³/mol. The van der Waals surface area contributed by atoms with Gasteiger partial charge in [0, 0.05) is 43.3 Å². The molecule has 0 heterocycles. The van der Waals surface area contributed by atoms with E-state index in [0.717, 1.165) is 0 Å². The average molecular weight is 224 g/mol. The molecule has 0 bridgehead atoms. The second-order valence-corrected chi connectivity index (χ2v) is 4.60. The van der Waals surface area contributed by atoms with Gasteiger partial charge in [0.2, 0.25) is 0 Å². The summed E-state index contributed by atoms with van der Waals surface area (Å²) >= 11 is 0. The molecule has 0 unspecified atom stereocenters. The van der Waals surface area contributed by atoms with E-state index in [9.17, 15) is 0 Å². The Morgan fingerprint density at radius 3 is 2.12 bits per heavy atom. The van der Waals surface area contributed by atoms with Crippen molar-refractivity contribution in [2.45, 2.75) is 0 Å². The van der Waals surface area contributed by atoms with Crippen molar-refractivity contribution in [1.29, 1.82) is 0 Å². The summed E-state index contributed by atoms with van der Waals surface area (Å²) in [5.41, 5.74) is 5.09. The molecular formula is C15H16N2. The van der Waals surface area contributed by atoms with Crippen LogP contribution in [0.5, 0.6) is 0 Å². The first kappa shape index (κ1) is 10.2. The molecular weight excluding hydrogens is 208 g/mol. The van der Waals surface area contributed by atoms with Crippen LogP contribution in [0.3, 0.4) is 0 Å². The fourth-order valence-electron chi connectivity index (χ4n) is 2.57. The van der Waals surface area contributed by atoms with Gasteiger partial charge in [-0.05, 0) is 23.3 Å². The zero-order chi connectivity index (χ0) is 12.0. The fraction of sp³-hybridized carbons (Fsp3) is 0.200. The fourth-order valence-corrected chi connectivity index (χ4v) is 2.57. The van der Waals surface area contributed by atoms with Gasteiger partial charge in [0.05, 0.1) is 0 Å². The van der Waals surface area contributed by atoms with Gasteiger partial charge in [0.15, 0.2) is 0 Å². The molecule has 0 aliphatic heterocycles. The first-order chi connectivity index (χ1) is 8.22. The second kappa shape index (κ2) is 3.52. The first-order valence-electron chi connectivity index (χ1n) is 5.85. The molecule has 0 atom stereocenters. The molecule has 0 amide bonds. The lowest BCUT2D eigenvalue weighted by molar-refractivity contribution is 1.14. The van der Waals surface area contributed by atoms with Crippen LogP contribution in [0.15, 0.2) is 24.3 Å². The number of anilines is 2. The molecule has 0 spiro atoms. The van der Waals surface area contributed by atoms with Gasteiger partial charge in [-0.3, -0.25) is 0 Å². The van der Waals surface area contributed by atoms with E-state index in [-0.39, 0.29) is 0 Å². The van der Waals surface area contributed by atoms with E-state index in [4.69, 9.17) is 0 Å². The largest absolute Gasteiger partial charge is 0.388 e. The van der Waals surface area contributed by atoms with Crippen LogP contribution in [-0.4, -0.2) is 21.1 Å². The summed E-state index contributed by atoms with van der Waals surface area (Å²) in [5, 5.41) is 5.97. The van der Waals surface area contributed by atoms with E-state index >= 15 is 0 Å². The Hall–Kier alpha value is -1.96. The molecule has 0 saturated carbocycles. The molecule has 1 aliphatic carbocycles. The number of hydrogen-bond donors (Lipinski definition) is 1. The Labute approximate surface area is 102 Å². The van der Waals surface area contributed by atoms with Crippen molar-refractivity contribution in [2.24, 2.45) is 0 Å². The molecule has 17 heavy (non-hydrogen) atoms. The van der Waals surface area contributed by atoms with Gasteiger partial charge in [-0.2, -0.15) is 0 Å². The van der Waals surface area contributed by atoms with Crippen LogP contribution in [0.1, 0.15) is 11.1 Å². The third kappa shape index (κ3) is 1.34. The van der Waals surface area contributed by atoms with Crippen molar-refractivity contribution in [3.05, 3.63) is 35.4 Å². The van der Waals surface area contributed by atoms with Crippen LogP contribution in [0.4, 0.5) is 11.4 Å². The van der Waals surface area contributed by atoms with Gasteiger partial charge >= 0.3 is 0 Å². The van der Waals surface area contributed by atoms with E-state index in [1.54, 1.807) is 0 Å². The monoisotopic (exact) mass is 224 g/mol. The SMILES string of the molecule is CNc1ccc2c3c(ccc(N(C)C)c13)C=C2. The topological polar surface area (TPSA) is 15.3 Å². The third-order valence-corrected chi connectivity index (χ3v) is 3.40. The van der Waals surface area contributed by atoms with Crippen molar-refractivity contribution in [1.82, 2.24) is 0 Å². The summed E-state index contributed by atoms with van der Waals surface area (Å²) in [6.07, 6.45) is 4.38. The van der Waals surface area contributed by atoms with E-state index in [1.807, 2.05) is 7.05 Å². The standard InChI is InChI=1S/C15H16N2/c1-16-12-8-6-10-4-5-11-7-9-13(17(2)3)15(12)14(10)11/h4-9,16H,1-3H3. The van der Waals surface area contributed by atoms with Gasteiger partial charge in [-0.1, -0.05) is 24.3 Å². The molecule has 2 aromatic rings. The zero-order valence-electron chi connectivity index (χ0n) is 10.4. The molecule has 86 valence electrons. The molecule has 2 nitrogen and oxygen atoms in total. The third-order valence-electron chi connectivity index (χ3n) is 3.40. The highest BCUT2D eigenvalue weighted by molar-refractivity contribution is 6.14. The number of hydrogen-bond acceptors (Lipinski definition) is 2. The van der Waals surface area contributed by atoms with E-state index in [1.165, 1.54) is 33.3 Å². The number of nitrogens with one attached hydrogen (secondary N) is 1. The quantitative estimate of drug-likeness (QED) is 0.717. The Balaban J connectivity index is 2.48. The van der Waals surface area contributed by atoms with Crippen LogP contribution in [-0.2, 0) is 0 Å². The maximum atomic E-state index is 3.29. The van der Waals surface area contributed by atoms with Crippen LogP contribution >= 0.6 is 0 Å². The van der Waals surface area contributed by atoms with E-state index in [0.29, 0.717) is 0 Å². The highest BCUT2D eigenvalue weighted by Crippen LogP contribution is 2.40. The summed E-state index contributed by atoms with van der Waals surface area (Å²) in [4.78, 5) is 2.17. The van der Waals surface area contributed by atoms with Crippen molar-refractivity contribution in [3.63, 3.8) is 0 Å². The maximum Gasteiger partial charge on any atom is 0.0462 e. The lowest BCUT2D eigenvalue weighted by Gasteiger charge is -2.19. The Kier molecular flexibility index (Phi) is 2.11. The summed E-state index contributed by atoms with van der Waals surface area (Å²) in [6, 6.07) is 8.73. The lowest BCUT2D eigenvalue weighted by atomic mass is 10.0. The van der Waals surface area contributed by atoms with Crippen LogP contribution in [0.25, 0.3) is 22.9 Å². The minimum Gasteiger partial charge on any atom is -0.388 e. The van der Waals surface area contributed by atoms with Crippen molar-refractivity contribution in [2.75, 3.05) is 31.4 Å². The minimum atomic E-state index is 1.19. The van der Waals surface area contributed by atoms with E-state index < -0.39 is 0 Å². The number of benzene rings is 2. The van der Waals surface area contributed by atoms with Crippen LogP contribution in [0.2, 0.25) is 0 Å². The smallest absolute Gasteiger partial charge is 0.0462 e. The average Bonchev–Trinajstić information content (AvgIpc) is 2.75. The zero-order valence-corrected chi connectivity index (χ0v) is 10.4. The summed E-state index contributed by atoms with van der Waals surface area (Å²) in [5.74, 6) is 0. The summed E-state index contributed by atoms with van der Waals surface area (Å²) < 4.78 is 0. The van der Waals surface area contributed by atoms with Gasteiger partial charge in [0.1, 0.15) is 0 Å². The lowest BCUT2D eigenvalue weighted by Crippen LogP contribution is -2.10. The molecule has 3 rings (SSSR count). The van der Waals surface area contributed by atoms with Crippen molar-refractivity contribution < 1.29 is 0 Å². The summed E-state index contributed by atoms with van der Waals surface area (Å²) in [6.45, 7) is 0. The molecule has 1 aliphatic rings. The molecule has 0 radical (unpaired) electrons. The highest BCUT2D eigenvalue weighted by atomic mass is 15.1. The summed E-state index contributed by atoms with van der Waals surface area (Å²) in [7, 11) is 6.16. The van der Waals surface area contributed by atoms with Crippen molar-refractivity contribution in [3.8, 4) is 0 Å². The first-order valence-corrected chi connectivity index (χ1v) is 5.85. The van der Waals surface area contributed by atoms with E-state index in [2.05, 4.69) is 60.7 Å². The number of nitrogens with zero attached hydrogens (tertiary/aromatic N) is 1. The molecule has 0 fully saturated rings. The van der Waals surface area contributed by atoms with Crippen LogP contribution < -0.4 is 10.2 Å². The van der Waals surface area contributed by atoms with Crippen LogP contribution in [0, 0.1) is 0 Å². The normalized spacial score (nSPS) is 12.2. The van der Waals surface area contributed by atoms with Gasteiger partial charge < -0.3 is 10.2 Å². The molecule has 0 saturated heterocycles. The van der Waals surface area contributed by atoms with Gasteiger partial charge in [-0.25, -0.2) is 0 Å². The Morgan fingerprint density at radius 1 is 0.882 bits per heavy atom. The second-order valence-electron chi connectivity index (χ2n) is 4.60. The maximum absolute atomic E-state index is 3.29. The molecule has 2 heteroatoms. The number of rotatable bonds is 2. The van der Waals surface area contributed by atoms with Gasteiger partial charge in [-0.15, -0.1) is 0 Å².